The van der Waals surface area contributed by atoms with Crippen molar-refractivity contribution in [3.8, 4) is 23.5 Å². The van der Waals surface area contributed by atoms with Crippen molar-refractivity contribution < 1.29 is 18.3 Å². The zero-order valence-corrected chi connectivity index (χ0v) is 20.8. The van der Waals surface area contributed by atoms with E-state index in [0.29, 0.717) is 53.0 Å². The molecule has 0 unspecified atom stereocenters. The van der Waals surface area contributed by atoms with Gasteiger partial charge in [0.2, 0.25) is 0 Å². The summed E-state index contributed by atoms with van der Waals surface area (Å²) in [6.07, 6.45) is -1.35. The molecule has 1 aromatic carbocycles. The van der Waals surface area contributed by atoms with E-state index >= 15 is 0 Å². The van der Waals surface area contributed by atoms with Gasteiger partial charge in [0.15, 0.2) is 17.3 Å². The van der Waals surface area contributed by atoms with E-state index in [9.17, 15) is 14.0 Å². The van der Waals surface area contributed by atoms with E-state index in [4.69, 9.17) is 9.47 Å². The second kappa shape index (κ2) is 9.73. The third-order valence-corrected chi connectivity index (χ3v) is 6.19. The van der Waals surface area contributed by atoms with Crippen molar-refractivity contribution in [3.63, 3.8) is 0 Å². The number of aryl methyl sites for hydroxylation is 2. The fourth-order valence-electron chi connectivity index (χ4n) is 4.15. The van der Waals surface area contributed by atoms with Crippen LogP contribution in [0.25, 0.3) is 22.7 Å². The summed E-state index contributed by atoms with van der Waals surface area (Å²) >= 11 is 0. The van der Waals surface area contributed by atoms with E-state index in [1.807, 2.05) is 31.2 Å². The predicted molar refractivity (Wildman–Crippen MR) is 136 cm³/mol. The molecule has 0 atom stereocenters. The van der Waals surface area contributed by atoms with Crippen LogP contribution in [-0.4, -0.2) is 53.8 Å². The van der Waals surface area contributed by atoms with E-state index < -0.39 is 6.43 Å². The molecular formula is C26H21F2N9O2. The number of nitrogens with zero attached hydrogens (tertiary/aromatic N) is 8. The van der Waals surface area contributed by atoms with Crippen molar-refractivity contribution >= 4 is 22.5 Å². The van der Waals surface area contributed by atoms with Gasteiger partial charge in [-0.3, -0.25) is 4.57 Å². The highest BCUT2D eigenvalue weighted by Crippen LogP contribution is 2.35. The smallest absolute Gasteiger partial charge is 0.267 e. The van der Waals surface area contributed by atoms with Crippen LogP contribution in [0.3, 0.4) is 0 Å². The zero-order valence-electron chi connectivity index (χ0n) is 20.8. The maximum Gasteiger partial charge on any atom is 0.267 e. The first-order chi connectivity index (χ1) is 18.9. The summed E-state index contributed by atoms with van der Waals surface area (Å²) in [7, 11) is 0. The normalized spacial score (nSPS) is 13.4. The Labute approximate surface area is 220 Å². The van der Waals surface area contributed by atoms with E-state index in [2.05, 4.69) is 30.6 Å². The summed E-state index contributed by atoms with van der Waals surface area (Å²) in [5.74, 6) is 1.34. The zero-order chi connectivity index (χ0) is 27.1. The molecule has 5 aromatic rings. The van der Waals surface area contributed by atoms with Gasteiger partial charge in [0.05, 0.1) is 41.2 Å². The lowest BCUT2D eigenvalue weighted by Gasteiger charge is -2.27. The number of rotatable bonds is 7. The second-order valence-corrected chi connectivity index (χ2v) is 8.99. The minimum atomic E-state index is -2.79. The van der Waals surface area contributed by atoms with Crippen LogP contribution < -0.4 is 10.1 Å². The van der Waals surface area contributed by atoms with Crippen LogP contribution in [0.2, 0.25) is 0 Å². The van der Waals surface area contributed by atoms with Gasteiger partial charge >= 0.3 is 0 Å². The van der Waals surface area contributed by atoms with Crippen LogP contribution in [0.15, 0.2) is 48.8 Å². The molecule has 4 aromatic heterocycles. The van der Waals surface area contributed by atoms with Crippen LogP contribution in [0.5, 0.6) is 5.75 Å². The minimum absolute atomic E-state index is 0.0670. The summed E-state index contributed by atoms with van der Waals surface area (Å²) in [5.41, 5.74) is 2.97. The average molecular weight is 530 g/mol. The number of benzene rings is 1. The number of ether oxygens (including phenoxy) is 2. The first-order valence-corrected chi connectivity index (χ1v) is 12.0. The molecular weight excluding hydrogens is 508 g/mol. The Balaban J connectivity index is 1.45. The number of aromatic nitrogens is 7. The number of halogens is 2. The molecule has 39 heavy (non-hydrogen) atoms. The van der Waals surface area contributed by atoms with Crippen molar-refractivity contribution in [2.45, 2.75) is 26.4 Å². The van der Waals surface area contributed by atoms with E-state index in [-0.39, 0.29) is 23.2 Å². The average Bonchev–Trinajstić information content (AvgIpc) is 3.49. The molecule has 11 nitrogen and oxygen atoms in total. The maximum absolute atomic E-state index is 13.9. The number of hydrogen-bond donors (Lipinski definition) is 1. The first kappa shape index (κ1) is 24.4. The number of fused-ring (bicyclic) bond motifs is 1. The molecule has 1 fully saturated rings. The van der Waals surface area contributed by atoms with Gasteiger partial charge in [0.25, 0.3) is 6.43 Å². The quantitative estimate of drug-likeness (QED) is 0.327. The molecule has 13 heteroatoms. The Hall–Kier alpha value is -4.96. The van der Waals surface area contributed by atoms with Crippen molar-refractivity contribution in [2.75, 3.05) is 18.5 Å². The van der Waals surface area contributed by atoms with Gasteiger partial charge in [-0.2, -0.15) is 15.5 Å². The number of anilines is 2. The van der Waals surface area contributed by atoms with Crippen LogP contribution in [0.1, 0.15) is 29.1 Å². The Morgan fingerprint density at radius 3 is 2.64 bits per heavy atom. The number of nitriles is 1. The molecule has 5 heterocycles. The number of imidazole rings is 1. The Bertz CT molecular complexity index is 1720. The second-order valence-electron chi connectivity index (χ2n) is 8.99. The lowest BCUT2D eigenvalue weighted by atomic mass is 10.2. The Kier molecular flexibility index (Phi) is 6.08. The minimum Gasteiger partial charge on any atom is -0.483 e. The third-order valence-electron chi connectivity index (χ3n) is 6.19. The van der Waals surface area contributed by atoms with Crippen molar-refractivity contribution in [3.05, 3.63) is 71.4 Å². The summed E-state index contributed by atoms with van der Waals surface area (Å²) < 4.78 is 42.2. The SMILES string of the molecule is Cc1ccc(Nc2cc3ncn(-c4ccc(C(F)F)c(-n5nc(C#N)cc5C)n4)c3cc2OC2COC2)nn1. The van der Waals surface area contributed by atoms with E-state index in [1.165, 1.54) is 22.9 Å². The van der Waals surface area contributed by atoms with E-state index in [1.54, 1.807) is 23.9 Å². The third kappa shape index (κ3) is 4.62. The highest BCUT2D eigenvalue weighted by molar-refractivity contribution is 5.86. The van der Waals surface area contributed by atoms with Gasteiger partial charge in [-0.15, -0.1) is 5.10 Å². The Morgan fingerprint density at radius 2 is 1.97 bits per heavy atom. The fraction of sp³-hybridized carbons (Fsp3) is 0.231. The van der Waals surface area contributed by atoms with Crippen molar-refractivity contribution in [1.82, 2.24) is 34.5 Å². The molecule has 0 amide bonds. The molecule has 0 spiro atoms. The van der Waals surface area contributed by atoms with Gasteiger partial charge in [0.1, 0.15) is 30.1 Å². The molecule has 0 radical (unpaired) electrons. The Morgan fingerprint density at radius 1 is 1.13 bits per heavy atom. The molecule has 1 saturated heterocycles. The number of alkyl halides is 2. The predicted octanol–water partition coefficient (Wildman–Crippen LogP) is 4.34. The van der Waals surface area contributed by atoms with Gasteiger partial charge in [0, 0.05) is 11.8 Å². The topological polar surface area (TPSA) is 129 Å². The van der Waals surface area contributed by atoms with Crippen LogP contribution >= 0.6 is 0 Å². The van der Waals surface area contributed by atoms with Gasteiger partial charge in [-0.25, -0.2) is 23.4 Å². The van der Waals surface area contributed by atoms with Crippen LogP contribution in [0.4, 0.5) is 20.3 Å². The number of nitrogens with one attached hydrogen (secondary N) is 1. The molecule has 0 aliphatic carbocycles. The molecule has 196 valence electrons. The number of hydrogen-bond acceptors (Lipinski definition) is 9. The molecule has 1 aliphatic heterocycles. The fourth-order valence-corrected chi connectivity index (χ4v) is 4.15. The standard InChI is InChI=1S/C26H21F2N9O2/c1-14-3-5-23(34-33-14)31-20-8-19-21(9-22(20)39-17-11-38-12-17)36(13-30-19)24-6-4-18(25(27)28)26(32-24)37-15(2)7-16(10-29)35-37/h3-9,13,17,25H,11-12H2,1-2H3,(H,31,34). The maximum atomic E-state index is 13.9. The molecule has 0 saturated carbocycles. The highest BCUT2D eigenvalue weighted by Gasteiger charge is 2.24. The molecule has 1 N–H and O–H groups in total. The lowest BCUT2D eigenvalue weighted by molar-refractivity contribution is -0.0793. The molecule has 6 rings (SSSR count). The van der Waals surface area contributed by atoms with Crippen molar-refractivity contribution in [1.29, 1.82) is 5.26 Å². The van der Waals surface area contributed by atoms with Gasteiger partial charge in [-0.1, -0.05) is 0 Å². The largest absolute Gasteiger partial charge is 0.483 e. The van der Waals surface area contributed by atoms with Crippen LogP contribution in [0, 0.1) is 25.2 Å². The summed E-state index contributed by atoms with van der Waals surface area (Å²) in [6, 6.07) is 13.5. The first-order valence-electron chi connectivity index (χ1n) is 12.0. The summed E-state index contributed by atoms with van der Waals surface area (Å²) in [4.78, 5) is 9.03. The van der Waals surface area contributed by atoms with Gasteiger partial charge in [-0.05, 0) is 50.2 Å². The van der Waals surface area contributed by atoms with Gasteiger partial charge < -0.3 is 14.8 Å². The summed E-state index contributed by atoms with van der Waals surface area (Å²) in [6.45, 7) is 4.46. The monoisotopic (exact) mass is 529 g/mol. The number of pyridine rings is 1. The highest BCUT2D eigenvalue weighted by atomic mass is 19.3. The summed E-state index contributed by atoms with van der Waals surface area (Å²) in [5, 5.41) is 24.8. The lowest BCUT2D eigenvalue weighted by Crippen LogP contribution is -2.38. The van der Waals surface area contributed by atoms with E-state index in [0.717, 1.165) is 5.69 Å². The molecule has 0 bridgehead atoms. The molecule has 1 aliphatic rings. The van der Waals surface area contributed by atoms with Crippen LogP contribution in [-0.2, 0) is 4.74 Å². The van der Waals surface area contributed by atoms with Crippen molar-refractivity contribution in [2.24, 2.45) is 0 Å².